The van der Waals surface area contributed by atoms with Gasteiger partial charge >= 0.3 is 0 Å². The van der Waals surface area contributed by atoms with Gasteiger partial charge in [0.05, 0.1) is 11.1 Å². The SMILES string of the molecule is CS(=O)(=O)N1CCCC(c2nnc3sc(-c4cccs4)nn23)C1. The third-order valence-corrected chi connectivity index (χ3v) is 7.17. The fraction of sp³-hybridized carbons (Fsp3) is 0.462. The molecule has 10 heteroatoms. The molecule has 1 aliphatic rings. The van der Waals surface area contributed by atoms with Gasteiger partial charge in [-0.15, -0.1) is 21.5 Å². The zero-order valence-electron chi connectivity index (χ0n) is 12.4. The zero-order valence-corrected chi connectivity index (χ0v) is 14.9. The quantitative estimate of drug-likeness (QED) is 0.706. The molecule has 0 amide bonds. The van der Waals surface area contributed by atoms with Gasteiger partial charge in [0.1, 0.15) is 0 Å². The maximum Gasteiger partial charge on any atom is 0.235 e. The van der Waals surface area contributed by atoms with Crippen molar-refractivity contribution in [1.82, 2.24) is 24.1 Å². The van der Waals surface area contributed by atoms with Gasteiger partial charge in [-0.1, -0.05) is 17.4 Å². The van der Waals surface area contributed by atoms with E-state index in [1.165, 1.54) is 21.9 Å². The van der Waals surface area contributed by atoms with Crippen LogP contribution in [0.1, 0.15) is 24.6 Å². The molecule has 0 N–H and O–H groups in total. The van der Waals surface area contributed by atoms with Gasteiger partial charge in [-0.25, -0.2) is 12.7 Å². The van der Waals surface area contributed by atoms with E-state index in [-0.39, 0.29) is 5.92 Å². The normalized spacial score (nSPS) is 20.3. The highest BCUT2D eigenvalue weighted by atomic mass is 32.2. The lowest BCUT2D eigenvalue weighted by atomic mass is 9.99. The molecule has 3 aromatic rings. The molecule has 0 aliphatic carbocycles. The molecular formula is C13H15N5O2S3. The predicted octanol–water partition coefficient (Wildman–Crippen LogP) is 2.05. The molecule has 1 unspecified atom stereocenters. The van der Waals surface area contributed by atoms with Crippen LogP contribution in [-0.4, -0.2) is 51.9 Å². The number of sulfonamides is 1. The van der Waals surface area contributed by atoms with E-state index in [1.54, 1.807) is 15.9 Å². The Hall–Kier alpha value is -1.36. The minimum atomic E-state index is -3.17. The number of aromatic nitrogens is 4. The summed E-state index contributed by atoms with van der Waals surface area (Å²) in [5.41, 5.74) is 0. The Kier molecular flexibility index (Phi) is 3.71. The average molecular weight is 369 g/mol. The van der Waals surface area contributed by atoms with Crippen molar-refractivity contribution < 1.29 is 8.42 Å². The first-order valence-corrected chi connectivity index (χ1v) is 10.8. The predicted molar refractivity (Wildman–Crippen MR) is 90.4 cm³/mol. The molecule has 0 bridgehead atoms. The van der Waals surface area contributed by atoms with Crippen molar-refractivity contribution in [2.45, 2.75) is 18.8 Å². The summed E-state index contributed by atoms with van der Waals surface area (Å²) in [6.07, 6.45) is 2.99. The summed E-state index contributed by atoms with van der Waals surface area (Å²) in [5.74, 6) is 0.791. The Morgan fingerprint density at radius 2 is 2.22 bits per heavy atom. The Morgan fingerprint density at radius 1 is 1.35 bits per heavy atom. The van der Waals surface area contributed by atoms with Gasteiger partial charge in [0.15, 0.2) is 10.8 Å². The second kappa shape index (κ2) is 5.62. The Balaban J connectivity index is 1.69. The van der Waals surface area contributed by atoms with Gasteiger partial charge in [-0.2, -0.15) is 9.61 Å². The van der Waals surface area contributed by atoms with Gasteiger partial charge in [0.2, 0.25) is 15.0 Å². The summed E-state index contributed by atoms with van der Waals surface area (Å²) in [7, 11) is -3.17. The fourth-order valence-corrected chi connectivity index (χ4v) is 5.39. The Bertz CT molecular complexity index is 928. The maximum absolute atomic E-state index is 11.8. The molecular weight excluding hydrogens is 354 g/mol. The summed E-state index contributed by atoms with van der Waals surface area (Å²) in [6.45, 7) is 1.03. The highest BCUT2D eigenvalue weighted by Crippen LogP contribution is 2.32. The van der Waals surface area contributed by atoms with Gasteiger partial charge in [0.25, 0.3) is 0 Å². The first-order chi connectivity index (χ1) is 11.0. The van der Waals surface area contributed by atoms with E-state index in [0.717, 1.165) is 33.5 Å². The molecule has 7 nitrogen and oxygen atoms in total. The molecule has 1 aliphatic heterocycles. The molecule has 0 aromatic carbocycles. The van der Waals surface area contributed by atoms with Gasteiger partial charge in [0, 0.05) is 19.0 Å². The topological polar surface area (TPSA) is 80.5 Å². The number of fused-ring (bicyclic) bond motifs is 1. The fourth-order valence-electron chi connectivity index (χ4n) is 2.84. The summed E-state index contributed by atoms with van der Waals surface area (Å²) in [6, 6.07) is 4.02. The molecule has 0 saturated carbocycles. The minimum Gasteiger partial charge on any atom is -0.213 e. The summed E-state index contributed by atoms with van der Waals surface area (Å²) >= 11 is 3.14. The van der Waals surface area contributed by atoms with E-state index in [4.69, 9.17) is 0 Å². The lowest BCUT2D eigenvalue weighted by Gasteiger charge is -2.29. The lowest BCUT2D eigenvalue weighted by molar-refractivity contribution is 0.309. The number of nitrogens with zero attached hydrogens (tertiary/aromatic N) is 5. The van der Waals surface area contributed by atoms with E-state index in [1.807, 2.05) is 17.5 Å². The van der Waals surface area contributed by atoms with Gasteiger partial charge in [-0.3, -0.25) is 0 Å². The third-order valence-electron chi connectivity index (χ3n) is 3.97. The van der Waals surface area contributed by atoms with Crippen molar-refractivity contribution in [3.63, 3.8) is 0 Å². The third kappa shape index (κ3) is 2.80. The molecule has 1 atom stereocenters. The molecule has 0 spiro atoms. The molecule has 0 radical (unpaired) electrons. The van der Waals surface area contributed by atoms with E-state index in [2.05, 4.69) is 15.3 Å². The maximum atomic E-state index is 11.8. The van der Waals surface area contributed by atoms with Crippen LogP contribution in [-0.2, 0) is 10.0 Å². The Labute approximate surface area is 141 Å². The second-order valence-electron chi connectivity index (χ2n) is 5.60. The van der Waals surface area contributed by atoms with Crippen LogP contribution in [0.25, 0.3) is 14.8 Å². The molecule has 3 aromatic heterocycles. The molecule has 23 heavy (non-hydrogen) atoms. The minimum absolute atomic E-state index is 0.0340. The summed E-state index contributed by atoms with van der Waals surface area (Å²) in [5, 5.41) is 16.0. The van der Waals surface area contributed by atoms with Crippen molar-refractivity contribution in [3.8, 4) is 9.88 Å². The first-order valence-electron chi connectivity index (χ1n) is 7.23. The van der Waals surface area contributed by atoms with Crippen LogP contribution in [0.2, 0.25) is 0 Å². The van der Waals surface area contributed by atoms with Crippen molar-refractivity contribution in [3.05, 3.63) is 23.3 Å². The molecule has 122 valence electrons. The highest BCUT2D eigenvalue weighted by molar-refractivity contribution is 7.88. The number of hydrogen-bond acceptors (Lipinski definition) is 7. The number of piperidine rings is 1. The van der Waals surface area contributed by atoms with Crippen LogP contribution in [0.4, 0.5) is 0 Å². The number of rotatable bonds is 3. The summed E-state index contributed by atoms with van der Waals surface area (Å²) < 4.78 is 26.9. The van der Waals surface area contributed by atoms with Crippen molar-refractivity contribution in [1.29, 1.82) is 0 Å². The smallest absolute Gasteiger partial charge is 0.213 e. The van der Waals surface area contributed by atoms with Crippen molar-refractivity contribution in [2.24, 2.45) is 0 Å². The van der Waals surface area contributed by atoms with E-state index < -0.39 is 10.0 Å². The molecule has 4 rings (SSSR count). The Morgan fingerprint density at radius 3 is 2.96 bits per heavy atom. The molecule has 1 saturated heterocycles. The van der Waals surface area contributed by atoms with Crippen LogP contribution in [0.5, 0.6) is 0 Å². The molecule has 1 fully saturated rings. The second-order valence-corrected chi connectivity index (χ2v) is 9.48. The van der Waals surface area contributed by atoms with Crippen molar-refractivity contribution in [2.75, 3.05) is 19.3 Å². The number of hydrogen-bond donors (Lipinski definition) is 0. The molecule has 4 heterocycles. The number of thiophene rings is 1. The average Bonchev–Trinajstić information content (AvgIpc) is 3.22. The van der Waals surface area contributed by atoms with Crippen LogP contribution >= 0.6 is 22.7 Å². The van der Waals surface area contributed by atoms with Crippen LogP contribution in [0.15, 0.2) is 17.5 Å². The van der Waals surface area contributed by atoms with E-state index in [9.17, 15) is 8.42 Å². The van der Waals surface area contributed by atoms with Gasteiger partial charge in [-0.05, 0) is 24.3 Å². The van der Waals surface area contributed by atoms with Crippen LogP contribution < -0.4 is 0 Å². The van der Waals surface area contributed by atoms with E-state index in [0.29, 0.717) is 13.1 Å². The highest BCUT2D eigenvalue weighted by Gasteiger charge is 2.30. The summed E-state index contributed by atoms with van der Waals surface area (Å²) in [4.78, 5) is 1.85. The van der Waals surface area contributed by atoms with Crippen LogP contribution in [0.3, 0.4) is 0 Å². The lowest BCUT2D eigenvalue weighted by Crippen LogP contribution is -2.38. The van der Waals surface area contributed by atoms with E-state index >= 15 is 0 Å². The largest absolute Gasteiger partial charge is 0.235 e. The monoisotopic (exact) mass is 369 g/mol. The van der Waals surface area contributed by atoms with Crippen LogP contribution in [0, 0.1) is 0 Å². The van der Waals surface area contributed by atoms with Gasteiger partial charge < -0.3 is 0 Å². The van der Waals surface area contributed by atoms with Crippen molar-refractivity contribution >= 4 is 37.7 Å². The zero-order chi connectivity index (χ0) is 16.0. The standard InChI is InChI=1S/C13H15N5O2S3/c1-23(19,20)17-6-2-4-9(8-17)11-14-15-13-18(11)16-12(22-13)10-5-3-7-21-10/h3,5,7,9H,2,4,6,8H2,1H3. The first kappa shape index (κ1) is 15.2.